The summed E-state index contributed by atoms with van der Waals surface area (Å²) < 4.78 is 0. The quantitative estimate of drug-likeness (QED) is 0.352. The molecule has 0 amide bonds. The van der Waals surface area contributed by atoms with Crippen LogP contribution < -0.4 is 21.9 Å². The van der Waals surface area contributed by atoms with Crippen molar-refractivity contribution in [1.82, 2.24) is 21.9 Å². The van der Waals surface area contributed by atoms with Crippen LogP contribution in [-0.2, 0) is 0 Å². The van der Waals surface area contributed by atoms with Crippen LogP contribution in [0.4, 0.5) is 0 Å². The van der Waals surface area contributed by atoms with Crippen LogP contribution in [0.25, 0.3) is 0 Å². The first-order chi connectivity index (χ1) is 5.02. The largest absolute Gasteiger partial charge is 0.390 e. The van der Waals surface area contributed by atoms with Gasteiger partial charge in [0.2, 0.25) is 0 Å². The van der Waals surface area contributed by atoms with Gasteiger partial charge in [-0.25, -0.2) is 10.9 Å². The Labute approximate surface area is 66.5 Å². The van der Waals surface area contributed by atoms with Gasteiger partial charge in [-0.05, 0) is 13.8 Å². The molecule has 1 aliphatic heterocycles. The SMILES string of the molecule is CC(C1NNNN1)C(C)(C)O. The molecule has 0 aromatic carbocycles. The van der Waals surface area contributed by atoms with Crippen LogP contribution in [0.5, 0.6) is 0 Å². The summed E-state index contributed by atoms with van der Waals surface area (Å²) in [4.78, 5) is 0. The summed E-state index contributed by atoms with van der Waals surface area (Å²) in [5, 5.41) is 9.61. The van der Waals surface area contributed by atoms with Crippen LogP contribution in [0, 0.1) is 5.92 Å². The Balaban J connectivity index is 2.46. The second-order valence-corrected chi connectivity index (χ2v) is 3.46. The van der Waals surface area contributed by atoms with E-state index in [0.717, 1.165) is 0 Å². The summed E-state index contributed by atoms with van der Waals surface area (Å²) in [5.74, 6) is 0.116. The maximum atomic E-state index is 9.61. The molecule has 0 aromatic heterocycles. The van der Waals surface area contributed by atoms with Gasteiger partial charge in [-0.15, -0.1) is 0 Å². The Morgan fingerprint density at radius 1 is 1.27 bits per heavy atom. The molecule has 5 N–H and O–H groups in total. The molecule has 1 aliphatic rings. The minimum Gasteiger partial charge on any atom is -0.390 e. The van der Waals surface area contributed by atoms with Crippen molar-refractivity contribution >= 4 is 0 Å². The number of rotatable bonds is 2. The molecule has 1 heterocycles. The second kappa shape index (κ2) is 3.04. The van der Waals surface area contributed by atoms with Gasteiger partial charge in [-0.3, -0.25) is 0 Å². The lowest BCUT2D eigenvalue weighted by atomic mass is 9.90. The fraction of sp³-hybridized carbons (Fsp3) is 1.00. The van der Waals surface area contributed by atoms with Crippen molar-refractivity contribution in [2.45, 2.75) is 32.5 Å². The van der Waals surface area contributed by atoms with Gasteiger partial charge < -0.3 is 5.11 Å². The molecule has 1 unspecified atom stereocenters. The number of hydrogen-bond acceptors (Lipinski definition) is 5. The minimum atomic E-state index is -0.682. The minimum absolute atomic E-state index is 0.0509. The standard InChI is InChI=1S/C6H16N4O/c1-4(6(2,3)11)5-7-9-10-8-5/h4-5,7-11H,1-3H3. The third-order valence-corrected chi connectivity index (χ3v) is 2.13. The lowest BCUT2D eigenvalue weighted by Gasteiger charge is -2.29. The molecule has 5 nitrogen and oxygen atoms in total. The molecule has 0 spiro atoms. The highest BCUT2D eigenvalue weighted by Gasteiger charge is 2.31. The smallest absolute Gasteiger partial charge is 0.0911 e. The van der Waals surface area contributed by atoms with Crippen LogP contribution in [-0.4, -0.2) is 16.9 Å². The fourth-order valence-corrected chi connectivity index (χ4v) is 0.922. The van der Waals surface area contributed by atoms with E-state index in [0.29, 0.717) is 0 Å². The number of hydrazine groups is 3. The van der Waals surface area contributed by atoms with E-state index in [1.807, 2.05) is 6.92 Å². The number of hydrogen-bond donors (Lipinski definition) is 5. The van der Waals surface area contributed by atoms with Crippen LogP contribution in [0.2, 0.25) is 0 Å². The van der Waals surface area contributed by atoms with Gasteiger partial charge in [-0.2, -0.15) is 11.1 Å². The van der Waals surface area contributed by atoms with Crippen molar-refractivity contribution in [1.29, 1.82) is 0 Å². The first kappa shape index (κ1) is 8.89. The van der Waals surface area contributed by atoms with Crippen molar-refractivity contribution in [2.75, 3.05) is 0 Å². The van der Waals surface area contributed by atoms with Crippen molar-refractivity contribution in [3.8, 4) is 0 Å². The third kappa shape index (κ3) is 2.11. The van der Waals surface area contributed by atoms with Gasteiger partial charge in [0.05, 0.1) is 11.8 Å². The highest BCUT2D eigenvalue weighted by Crippen LogP contribution is 2.17. The molecule has 0 aromatic rings. The Morgan fingerprint density at radius 2 is 1.73 bits per heavy atom. The normalized spacial score (nSPS) is 24.0. The van der Waals surface area contributed by atoms with E-state index in [1.54, 1.807) is 13.8 Å². The molecule has 1 fully saturated rings. The van der Waals surface area contributed by atoms with Gasteiger partial charge >= 0.3 is 0 Å². The van der Waals surface area contributed by atoms with Crippen LogP contribution in [0.15, 0.2) is 0 Å². The van der Waals surface area contributed by atoms with Gasteiger partial charge in [0.25, 0.3) is 0 Å². The first-order valence-corrected chi connectivity index (χ1v) is 3.75. The Bertz CT molecular complexity index is 127. The number of nitrogens with one attached hydrogen (secondary N) is 4. The molecule has 0 saturated carbocycles. The molecule has 0 bridgehead atoms. The Kier molecular flexibility index (Phi) is 2.46. The molecule has 1 rings (SSSR count). The second-order valence-electron chi connectivity index (χ2n) is 3.46. The lowest BCUT2D eigenvalue weighted by Crippen LogP contribution is -2.48. The van der Waals surface area contributed by atoms with Crippen molar-refractivity contribution in [3.63, 3.8) is 0 Å². The summed E-state index contributed by atoms with van der Waals surface area (Å²) in [6.07, 6.45) is 0.0509. The molecule has 11 heavy (non-hydrogen) atoms. The summed E-state index contributed by atoms with van der Waals surface area (Å²) in [7, 11) is 0. The van der Waals surface area contributed by atoms with E-state index in [2.05, 4.69) is 21.9 Å². The van der Waals surface area contributed by atoms with E-state index in [9.17, 15) is 5.11 Å². The highest BCUT2D eigenvalue weighted by atomic mass is 16.3. The summed E-state index contributed by atoms with van der Waals surface area (Å²) in [6, 6.07) is 0. The van der Waals surface area contributed by atoms with Gasteiger partial charge in [0.15, 0.2) is 0 Å². The van der Waals surface area contributed by atoms with Crippen molar-refractivity contribution in [2.24, 2.45) is 5.92 Å². The van der Waals surface area contributed by atoms with Crippen LogP contribution in [0.1, 0.15) is 20.8 Å². The van der Waals surface area contributed by atoms with Gasteiger partial charge in [0.1, 0.15) is 0 Å². The zero-order valence-corrected chi connectivity index (χ0v) is 7.10. The Morgan fingerprint density at radius 3 is 2.09 bits per heavy atom. The van der Waals surface area contributed by atoms with E-state index < -0.39 is 5.60 Å². The fourth-order valence-electron chi connectivity index (χ4n) is 0.922. The summed E-state index contributed by atoms with van der Waals surface area (Å²) >= 11 is 0. The average molecular weight is 160 g/mol. The summed E-state index contributed by atoms with van der Waals surface area (Å²) in [5.41, 5.74) is 10.6. The molecular formula is C6H16N4O. The topological polar surface area (TPSA) is 68.3 Å². The molecular weight excluding hydrogens is 144 g/mol. The van der Waals surface area contributed by atoms with Crippen molar-refractivity contribution in [3.05, 3.63) is 0 Å². The zero-order valence-electron chi connectivity index (χ0n) is 7.10. The zero-order chi connectivity index (χ0) is 8.48. The predicted octanol–water partition coefficient (Wildman–Crippen LogP) is -1.16. The van der Waals surface area contributed by atoms with Crippen molar-refractivity contribution < 1.29 is 5.11 Å². The highest BCUT2D eigenvalue weighted by molar-refractivity contribution is 4.82. The molecule has 1 atom stereocenters. The van der Waals surface area contributed by atoms with E-state index in [-0.39, 0.29) is 12.1 Å². The average Bonchev–Trinajstić information content (AvgIpc) is 2.34. The van der Waals surface area contributed by atoms with E-state index >= 15 is 0 Å². The molecule has 1 saturated heterocycles. The Hall–Kier alpha value is -0.200. The third-order valence-electron chi connectivity index (χ3n) is 2.13. The maximum absolute atomic E-state index is 9.61. The number of aliphatic hydroxyl groups is 1. The lowest BCUT2D eigenvalue weighted by molar-refractivity contribution is 0.00634. The van der Waals surface area contributed by atoms with Crippen LogP contribution in [0.3, 0.4) is 0 Å². The monoisotopic (exact) mass is 160 g/mol. The van der Waals surface area contributed by atoms with E-state index in [1.165, 1.54) is 0 Å². The molecule has 66 valence electrons. The maximum Gasteiger partial charge on any atom is 0.0911 e. The van der Waals surface area contributed by atoms with Gasteiger partial charge in [-0.1, -0.05) is 6.92 Å². The molecule has 0 radical (unpaired) electrons. The van der Waals surface area contributed by atoms with E-state index in [4.69, 9.17) is 0 Å². The summed E-state index contributed by atoms with van der Waals surface area (Å²) in [6.45, 7) is 5.55. The molecule has 5 heteroatoms. The van der Waals surface area contributed by atoms with Crippen LogP contribution >= 0.6 is 0 Å². The van der Waals surface area contributed by atoms with Gasteiger partial charge in [0, 0.05) is 5.92 Å². The molecule has 0 aliphatic carbocycles. The first-order valence-electron chi connectivity index (χ1n) is 3.75. The predicted molar refractivity (Wildman–Crippen MR) is 41.8 cm³/mol.